The molecule has 0 aromatic carbocycles. The summed E-state index contributed by atoms with van der Waals surface area (Å²) in [6, 6.07) is 0. The lowest BCUT2D eigenvalue weighted by atomic mass is 10.2. The highest BCUT2D eigenvalue weighted by Crippen LogP contribution is 2.07. The quantitative estimate of drug-likeness (QED) is 0.699. The van der Waals surface area contributed by atoms with Gasteiger partial charge in [0.25, 0.3) is 0 Å². The zero-order chi connectivity index (χ0) is 8.97. The van der Waals surface area contributed by atoms with Gasteiger partial charge in [-0.2, -0.15) is 0 Å². The molecule has 0 amide bonds. The molecule has 0 fully saturated rings. The lowest BCUT2D eigenvalue weighted by molar-refractivity contribution is 0.986. The summed E-state index contributed by atoms with van der Waals surface area (Å²) < 4.78 is 0. The summed E-state index contributed by atoms with van der Waals surface area (Å²) >= 11 is 0. The molecule has 0 saturated carbocycles. The van der Waals surface area contributed by atoms with E-state index in [-0.39, 0.29) is 5.69 Å². The second-order valence-corrected chi connectivity index (χ2v) is 2.47. The first kappa shape index (κ1) is 8.77. The number of hydrogen-bond acceptors (Lipinski definition) is 3. The van der Waals surface area contributed by atoms with Crippen LogP contribution in [0.25, 0.3) is 0 Å². The van der Waals surface area contributed by atoms with Crippen molar-refractivity contribution in [1.29, 1.82) is 0 Å². The molecule has 0 unspecified atom stereocenters. The van der Waals surface area contributed by atoms with Gasteiger partial charge in [-0.25, -0.2) is 9.78 Å². The van der Waals surface area contributed by atoms with Gasteiger partial charge in [0.2, 0.25) is 0 Å². The van der Waals surface area contributed by atoms with Crippen molar-refractivity contribution in [1.82, 2.24) is 9.97 Å². The van der Waals surface area contributed by atoms with Gasteiger partial charge in [0, 0.05) is 18.3 Å². The molecule has 4 nitrogen and oxygen atoms in total. The molecule has 66 valence electrons. The summed E-state index contributed by atoms with van der Waals surface area (Å²) in [5.41, 5.74) is 0.736. The van der Waals surface area contributed by atoms with Crippen molar-refractivity contribution in [3.63, 3.8) is 0 Å². The SMILES string of the molecule is CCNc1[nH]c(=O)ncc1CC. The Morgan fingerprint density at radius 1 is 1.58 bits per heavy atom. The monoisotopic (exact) mass is 167 g/mol. The summed E-state index contributed by atoms with van der Waals surface area (Å²) in [6.07, 6.45) is 2.48. The predicted molar refractivity (Wildman–Crippen MR) is 48.4 cm³/mol. The molecule has 12 heavy (non-hydrogen) atoms. The van der Waals surface area contributed by atoms with E-state index in [1.165, 1.54) is 0 Å². The molecule has 0 spiro atoms. The van der Waals surface area contributed by atoms with Crippen LogP contribution in [-0.4, -0.2) is 16.5 Å². The Bertz CT molecular complexity index is 305. The zero-order valence-corrected chi connectivity index (χ0v) is 7.35. The van der Waals surface area contributed by atoms with Crippen LogP contribution in [0.15, 0.2) is 11.0 Å². The van der Waals surface area contributed by atoms with Gasteiger partial charge in [0.05, 0.1) is 0 Å². The molecular formula is C8H13N3O. The van der Waals surface area contributed by atoms with Gasteiger partial charge < -0.3 is 5.32 Å². The number of hydrogen-bond donors (Lipinski definition) is 2. The minimum absolute atomic E-state index is 0.303. The summed E-state index contributed by atoms with van der Waals surface area (Å²) in [5, 5.41) is 3.07. The number of H-pyrrole nitrogens is 1. The first-order chi connectivity index (χ1) is 5.77. The lowest BCUT2D eigenvalue weighted by Gasteiger charge is -2.06. The third kappa shape index (κ3) is 1.84. The lowest BCUT2D eigenvalue weighted by Crippen LogP contribution is -2.15. The Morgan fingerprint density at radius 3 is 2.92 bits per heavy atom. The van der Waals surface area contributed by atoms with Gasteiger partial charge in [-0.3, -0.25) is 4.98 Å². The van der Waals surface area contributed by atoms with E-state index in [0.717, 1.165) is 24.3 Å². The molecule has 1 rings (SSSR count). The van der Waals surface area contributed by atoms with Crippen molar-refractivity contribution in [2.45, 2.75) is 20.3 Å². The Kier molecular flexibility index (Phi) is 2.85. The summed E-state index contributed by atoms with van der Waals surface area (Å²) in [5.74, 6) is 0.792. The van der Waals surface area contributed by atoms with Crippen LogP contribution in [0, 0.1) is 0 Å². The maximum Gasteiger partial charge on any atom is 0.346 e. The van der Waals surface area contributed by atoms with E-state index in [4.69, 9.17) is 0 Å². The fourth-order valence-corrected chi connectivity index (χ4v) is 1.02. The number of anilines is 1. The molecule has 0 aliphatic heterocycles. The van der Waals surface area contributed by atoms with Gasteiger partial charge in [-0.05, 0) is 13.3 Å². The van der Waals surface area contributed by atoms with Crippen LogP contribution in [0.5, 0.6) is 0 Å². The molecule has 0 atom stereocenters. The van der Waals surface area contributed by atoms with Crippen molar-refractivity contribution in [3.05, 3.63) is 22.2 Å². The van der Waals surface area contributed by atoms with Crippen LogP contribution in [0.3, 0.4) is 0 Å². The average Bonchev–Trinajstić information content (AvgIpc) is 2.05. The predicted octanol–water partition coefficient (Wildman–Crippen LogP) is 0.764. The Labute approximate surface area is 71.0 Å². The number of rotatable bonds is 3. The molecule has 2 N–H and O–H groups in total. The summed E-state index contributed by atoms with van der Waals surface area (Å²) in [4.78, 5) is 17.1. The molecule has 0 saturated heterocycles. The van der Waals surface area contributed by atoms with Crippen molar-refractivity contribution in [2.24, 2.45) is 0 Å². The third-order valence-corrected chi connectivity index (χ3v) is 1.63. The molecule has 0 bridgehead atoms. The number of nitrogens with one attached hydrogen (secondary N) is 2. The Hall–Kier alpha value is -1.32. The maximum atomic E-state index is 10.8. The standard InChI is InChI=1S/C8H13N3O/c1-3-6-5-10-8(12)11-7(6)9-4-2/h5H,3-4H2,1-2H3,(H2,9,10,11,12). The number of aromatic nitrogens is 2. The number of aromatic amines is 1. The van der Waals surface area contributed by atoms with Crippen LogP contribution in [0.1, 0.15) is 19.4 Å². The highest BCUT2D eigenvalue weighted by molar-refractivity contribution is 5.41. The molecular weight excluding hydrogens is 154 g/mol. The van der Waals surface area contributed by atoms with Crippen LogP contribution in [-0.2, 0) is 6.42 Å². The van der Waals surface area contributed by atoms with Gasteiger partial charge in [0.1, 0.15) is 5.82 Å². The van der Waals surface area contributed by atoms with Crippen LogP contribution in [0.4, 0.5) is 5.82 Å². The fourth-order valence-electron chi connectivity index (χ4n) is 1.02. The first-order valence-electron chi connectivity index (χ1n) is 4.10. The van der Waals surface area contributed by atoms with Crippen molar-refractivity contribution in [3.8, 4) is 0 Å². The van der Waals surface area contributed by atoms with Crippen LogP contribution >= 0.6 is 0 Å². The largest absolute Gasteiger partial charge is 0.372 e. The zero-order valence-electron chi connectivity index (χ0n) is 7.35. The fraction of sp³-hybridized carbons (Fsp3) is 0.500. The van der Waals surface area contributed by atoms with Crippen molar-refractivity contribution >= 4 is 5.82 Å². The Morgan fingerprint density at radius 2 is 2.33 bits per heavy atom. The van der Waals surface area contributed by atoms with Gasteiger partial charge in [0.15, 0.2) is 0 Å². The minimum Gasteiger partial charge on any atom is -0.372 e. The van der Waals surface area contributed by atoms with Crippen LogP contribution < -0.4 is 11.0 Å². The van der Waals surface area contributed by atoms with E-state index in [0.29, 0.717) is 0 Å². The highest BCUT2D eigenvalue weighted by Gasteiger charge is 1.99. The second-order valence-electron chi connectivity index (χ2n) is 2.47. The van der Waals surface area contributed by atoms with E-state index in [2.05, 4.69) is 15.3 Å². The van der Waals surface area contributed by atoms with Crippen molar-refractivity contribution in [2.75, 3.05) is 11.9 Å². The Balaban J connectivity index is 3.03. The first-order valence-corrected chi connectivity index (χ1v) is 4.10. The van der Waals surface area contributed by atoms with E-state index in [9.17, 15) is 4.79 Å². The minimum atomic E-state index is -0.303. The second kappa shape index (κ2) is 3.90. The average molecular weight is 167 g/mol. The van der Waals surface area contributed by atoms with E-state index >= 15 is 0 Å². The smallest absolute Gasteiger partial charge is 0.346 e. The molecule has 1 heterocycles. The van der Waals surface area contributed by atoms with E-state index < -0.39 is 0 Å². The van der Waals surface area contributed by atoms with Crippen molar-refractivity contribution < 1.29 is 0 Å². The molecule has 0 radical (unpaired) electrons. The molecule has 4 heteroatoms. The molecule has 0 aliphatic carbocycles. The van der Waals surface area contributed by atoms with Crippen LogP contribution in [0.2, 0.25) is 0 Å². The summed E-state index contributed by atoms with van der Waals surface area (Å²) in [7, 11) is 0. The third-order valence-electron chi connectivity index (χ3n) is 1.63. The van der Waals surface area contributed by atoms with Gasteiger partial charge in [-0.15, -0.1) is 0 Å². The molecule has 1 aromatic rings. The van der Waals surface area contributed by atoms with E-state index in [1.807, 2.05) is 13.8 Å². The molecule has 1 aromatic heterocycles. The summed E-state index contributed by atoms with van der Waals surface area (Å²) in [6.45, 7) is 4.81. The van der Waals surface area contributed by atoms with Gasteiger partial charge >= 0.3 is 5.69 Å². The van der Waals surface area contributed by atoms with Gasteiger partial charge in [-0.1, -0.05) is 6.92 Å². The normalized spacial score (nSPS) is 9.83. The number of nitrogens with zero attached hydrogens (tertiary/aromatic N) is 1. The topological polar surface area (TPSA) is 57.8 Å². The molecule has 0 aliphatic rings. The maximum absolute atomic E-state index is 10.8. The highest BCUT2D eigenvalue weighted by atomic mass is 16.1. The number of aryl methyl sites for hydroxylation is 1. The van der Waals surface area contributed by atoms with E-state index in [1.54, 1.807) is 6.20 Å².